The number of sulfonamides is 1. The van der Waals surface area contributed by atoms with Crippen LogP contribution in [0.5, 0.6) is 11.5 Å². The second-order valence-corrected chi connectivity index (χ2v) is 11.3. The molecule has 0 aromatic heterocycles. The maximum absolute atomic E-state index is 13.6. The highest BCUT2D eigenvalue weighted by Crippen LogP contribution is 2.33. The lowest BCUT2D eigenvalue weighted by Crippen LogP contribution is -2.41. The molecule has 7 nitrogen and oxygen atoms in total. The quantitative estimate of drug-likeness (QED) is 0.268. The van der Waals surface area contributed by atoms with Gasteiger partial charge >= 0.3 is 0 Å². The number of carbonyl (C=O) groups is 1. The van der Waals surface area contributed by atoms with Gasteiger partial charge in [-0.2, -0.15) is 0 Å². The molecule has 0 saturated carbocycles. The maximum Gasteiger partial charge on any atom is 0.264 e. The summed E-state index contributed by atoms with van der Waals surface area (Å²) in [6.07, 6.45) is 0.755. The standard InChI is InChI=1S/C27H32N2O5S2/c1-20-6-11-23(12-7-20)35-17-5-16-28-27(30)19-29(22-10-15-25(33-3)26(18-22)34-4)36(31,32)24-13-8-21(2)9-14-24/h6-15,18H,5,16-17,19H2,1-4H3,(H,28,30). The van der Waals surface area contributed by atoms with Gasteiger partial charge in [-0.25, -0.2) is 8.42 Å². The highest BCUT2D eigenvalue weighted by Gasteiger charge is 2.28. The molecule has 0 heterocycles. The molecule has 0 radical (unpaired) electrons. The molecule has 3 aromatic rings. The summed E-state index contributed by atoms with van der Waals surface area (Å²) < 4.78 is 38.8. The van der Waals surface area contributed by atoms with Crippen LogP contribution in [0.1, 0.15) is 17.5 Å². The molecule has 0 aliphatic heterocycles. The lowest BCUT2D eigenvalue weighted by molar-refractivity contribution is -0.119. The van der Waals surface area contributed by atoms with E-state index in [0.717, 1.165) is 22.0 Å². The van der Waals surface area contributed by atoms with Crippen LogP contribution in [-0.4, -0.2) is 47.4 Å². The minimum absolute atomic E-state index is 0.102. The van der Waals surface area contributed by atoms with Crippen LogP contribution in [0, 0.1) is 13.8 Å². The van der Waals surface area contributed by atoms with Crippen LogP contribution >= 0.6 is 11.8 Å². The monoisotopic (exact) mass is 528 g/mol. The van der Waals surface area contributed by atoms with Crippen LogP contribution in [0.4, 0.5) is 5.69 Å². The van der Waals surface area contributed by atoms with Crippen LogP contribution in [-0.2, 0) is 14.8 Å². The van der Waals surface area contributed by atoms with E-state index in [1.165, 1.54) is 24.7 Å². The Kier molecular flexibility index (Phi) is 9.66. The third-order valence-electron chi connectivity index (χ3n) is 5.48. The number of hydrogen-bond acceptors (Lipinski definition) is 6. The van der Waals surface area contributed by atoms with Crippen LogP contribution in [0.25, 0.3) is 0 Å². The second-order valence-electron chi connectivity index (χ2n) is 8.23. The van der Waals surface area contributed by atoms with Crippen molar-refractivity contribution in [1.82, 2.24) is 5.32 Å². The van der Waals surface area contributed by atoms with Crippen molar-refractivity contribution in [3.05, 3.63) is 77.9 Å². The molecule has 0 aliphatic carbocycles. The number of benzene rings is 3. The Labute approximate surface area is 217 Å². The largest absolute Gasteiger partial charge is 0.493 e. The topological polar surface area (TPSA) is 84.9 Å². The van der Waals surface area contributed by atoms with Crippen molar-refractivity contribution in [2.24, 2.45) is 0 Å². The van der Waals surface area contributed by atoms with Crippen molar-refractivity contribution >= 4 is 33.4 Å². The van der Waals surface area contributed by atoms with Crippen molar-refractivity contribution in [3.8, 4) is 11.5 Å². The SMILES string of the molecule is COc1ccc(N(CC(=O)NCCCSc2ccc(C)cc2)S(=O)(=O)c2ccc(C)cc2)cc1OC. The van der Waals surface area contributed by atoms with Gasteiger partial charge < -0.3 is 14.8 Å². The molecule has 0 fully saturated rings. The van der Waals surface area contributed by atoms with E-state index in [9.17, 15) is 13.2 Å². The molecule has 0 bridgehead atoms. The number of ether oxygens (including phenoxy) is 2. The maximum atomic E-state index is 13.6. The van der Waals surface area contributed by atoms with E-state index >= 15 is 0 Å². The third-order valence-corrected chi connectivity index (χ3v) is 8.37. The molecule has 192 valence electrons. The molecule has 9 heteroatoms. The van der Waals surface area contributed by atoms with Gasteiger partial charge in [0.05, 0.1) is 24.8 Å². The van der Waals surface area contributed by atoms with Gasteiger partial charge in [0.1, 0.15) is 6.54 Å². The zero-order valence-electron chi connectivity index (χ0n) is 21.0. The number of aryl methyl sites for hydroxylation is 2. The lowest BCUT2D eigenvalue weighted by atomic mass is 10.2. The molecule has 0 aliphatic rings. The third kappa shape index (κ3) is 7.18. The number of nitrogens with one attached hydrogen (secondary N) is 1. The van der Waals surface area contributed by atoms with Crippen LogP contribution in [0.15, 0.2) is 76.5 Å². The fourth-order valence-electron chi connectivity index (χ4n) is 3.44. The molecule has 3 aromatic carbocycles. The number of rotatable bonds is 12. The molecule has 0 atom stereocenters. The average molecular weight is 529 g/mol. The summed E-state index contributed by atoms with van der Waals surface area (Å²) in [6, 6.07) is 19.6. The van der Waals surface area contributed by atoms with Crippen molar-refractivity contribution in [2.45, 2.75) is 30.1 Å². The molecule has 36 heavy (non-hydrogen) atoms. The van der Waals surface area contributed by atoms with Gasteiger partial charge in [-0.1, -0.05) is 35.4 Å². The zero-order chi connectivity index (χ0) is 26.1. The number of methoxy groups -OCH3 is 2. The van der Waals surface area contributed by atoms with E-state index in [-0.39, 0.29) is 17.3 Å². The summed E-state index contributed by atoms with van der Waals surface area (Å²) in [7, 11) is -1.04. The molecule has 1 amide bonds. The summed E-state index contributed by atoms with van der Waals surface area (Å²) >= 11 is 1.72. The van der Waals surface area contributed by atoms with Crippen molar-refractivity contribution in [1.29, 1.82) is 0 Å². The van der Waals surface area contributed by atoms with Crippen molar-refractivity contribution in [3.63, 3.8) is 0 Å². The van der Waals surface area contributed by atoms with Crippen LogP contribution < -0.4 is 19.1 Å². The van der Waals surface area contributed by atoms with E-state index in [1.807, 2.05) is 13.8 Å². The smallest absolute Gasteiger partial charge is 0.264 e. The van der Waals surface area contributed by atoms with E-state index in [4.69, 9.17) is 9.47 Å². The van der Waals surface area contributed by atoms with Gasteiger partial charge in [0.15, 0.2) is 11.5 Å². The Morgan fingerprint density at radius 3 is 2.11 bits per heavy atom. The molecular formula is C27H32N2O5S2. The number of carbonyl (C=O) groups excluding carboxylic acids is 1. The fraction of sp³-hybridized carbons (Fsp3) is 0.296. The van der Waals surface area contributed by atoms with E-state index in [1.54, 1.807) is 54.2 Å². The first-order valence-corrected chi connectivity index (χ1v) is 13.9. The molecule has 0 saturated heterocycles. The normalized spacial score (nSPS) is 11.1. The Balaban J connectivity index is 1.72. The first-order valence-electron chi connectivity index (χ1n) is 11.5. The highest BCUT2D eigenvalue weighted by atomic mass is 32.2. The molecule has 0 spiro atoms. The van der Waals surface area contributed by atoms with Gasteiger partial charge in [0, 0.05) is 17.5 Å². The van der Waals surface area contributed by atoms with Gasteiger partial charge in [0.25, 0.3) is 10.0 Å². The average Bonchev–Trinajstić information content (AvgIpc) is 2.88. The lowest BCUT2D eigenvalue weighted by Gasteiger charge is -2.25. The minimum Gasteiger partial charge on any atom is -0.493 e. The van der Waals surface area contributed by atoms with Crippen molar-refractivity contribution in [2.75, 3.05) is 37.4 Å². The number of thioether (sulfide) groups is 1. The number of amides is 1. The van der Waals surface area contributed by atoms with E-state index < -0.39 is 10.0 Å². The predicted octanol–water partition coefficient (Wildman–Crippen LogP) is 4.81. The summed E-state index contributed by atoms with van der Waals surface area (Å²) in [5.74, 6) is 1.28. The molecule has 1 N–H and O–H groups in total. The minimum atomic E-state index is -4.01. The molecule has 3 rings (SSSR count). The van der Waals surface area contributed by atoms with Gasteiger partial charge in [-0.05, 0) is 62.4 Å². The number of hydrogen-bond donors (Lipinski definition) is 1. The second kappa shape index (κ2) is 12.7. The van der Waals surface area contributed by atoms with Gasteiger partial charge in [0.2, 0.25) is 5.91 Å². The van der Waals surface area contributed by atoms with Crippen molar-refractivity contribution < 1.29 is 22.7 Å². The summed E-state index contributed by atoms with van der Waals surface area (Å²) in [6.45, 7) is 4.01. The summed E-state index contributed by atoms with van der Waals surface area (Å²) in [5, 5.41) is 2.85. The Morgan fingerprint density at radius 2 is 1.50 bits per heavy atom. The van der Waals surface area contributed by atoms with E-state index in [0.29, 0.717) is 23.7 Å². The fourth-order valence-corrected chi connectivity index (χ4v) is 5.71. The summed E-state index contributed by atoms with van der Waals surface area (Å²) in [5.41, 5.74) is 2.46. The molecule has 0 unspecified atom stereocenters. The van der Waals surface area contributed by atoms with Gasteiger partial charge in [-0.15, -0.1) is 11.8 Å². The Hall–Kier alpha value is -3.17. The molecular weight excluding hydrogens is 496 g/mol. The van der Waals surface area contributed by atoms with Crippen LogP contribution in [0.2, 0.25) is 0 Å². The van der Waals surface area contributed by atoms with Gasteiger partial charge in [-0.3, -0.25) is 9.10 Å². The van der Waals surface area contributed by atoms with Crippen LogP contribution in [0.3, 0.4) is 0 Å². The number of anilines is 1. The Bertz CT molecular complexity index is 1260. The summed E-state index contributed by atoms with van der Waals surface area (Å²) in [4.78, 5) is 14.1. The predicted molar refractivity (Wildman–Crippen MR) is 145 cm³/mol. The first-order chi connectivity index (χ1) is 17.2. The van der Waals surface area contributed by atoms with E-state index in [2.05, 4.69) is 29.6 Å². The first kappa shape index (κ1) is 27.4. The highest BCUT2D eigenvalue weighted by molar-refractivity contribution is 7.99. The Morgan fingerprint density at radius 1 is 0.889 bits per heavy atom. The number of nitrogens with zero attached hydrogens (tertiary/aromatic N) is 1. The zero-order valence-corrected chi connectivity index (χ0v) is 22.6.